The number of aromatic amines is 1. The molecule has 1 aromatic heterocycles. The second-order valence-corrected chi connectivity index (χ2v) is 5.45. The zero-order valence-corrected chi connectivity index (χ0v) is 11.4. The van der Waals surface area contributed by atoms with Crippen molar-refractivity contribution in [3.63, 3.8) is 0 Å². The summed E-state index contributed by atoms with van der Waals surface area (Å²) >= 11 is 0. The molecule has 4 N–H and O–H groups in total. The van der Waals surface area contributed by atoms with Crippen molar-refractivity contribution in [1.82, 2.24) is 15.3 Å². The summed E-state index contributed by atoms with van der Waals surface area (Å²) in [6, 6.07) is 7.86. The van der Waals surface area contributed by atoms with Gasteiger partial charge in [-0.15, -0.1) is 0 Å². The van der Waals surface area contributed by atoms with Gasteiger partial charge in [-0.2, -0.15) is 0 Å². The average molecular weight is 272 g/mol. The second kappa shape index (κ2) is 5.63. The average Bonchev–Trinajstić information content (AvgIpc) is 3.10. The van der Waals surface area contributed by atoms with Crippen LogP contribution in [-0.2, 0) is 11.3 Å². The Balaban J connectivity index is 1.62. The highest BCUT2D eigenvalue weighted by atomic mass is 16.1. The van der Waals surface area contributed by atoms with Gasteiger partial charge in [-0.05, 0) is 37.4 Å². The molecule has 106 valence electrons. The van der Waals surface area contributed by atoms with Gasteiger partial charge in [0.05, 0.1) is 17.6 Å². The fraction of sp³-hybridized carbons (Fsp3) is 0.467. The fourth-order valence-corrected chi connectivity index (χ4v) is 3.06. The number of hydrogen-bond donors (Lipinski definition) is 3. The van der Waals surface area contributed by atoms with Crippen molar-refractivity contribution in [2.75, 3.05) is 6.54 Å². The molecule has 5 nitrogen and oxygen atoms in total. The minimum Gasteiger partial charge on any atom is -0.349 e. The van der Waals surface area contributed by atoms with Gasteiger partial charge in [0.2, 0.25) is 5.91 Å². The van der Waals surface area contributed by atoms with E-state index in [1.165, 1.54) is 0 Å². The molecule has 3 rings (SSSR count). The summed E-state index contributed by atoms with van der Waals surface area (Å²) in [6.07, 6.45) is 3.12. The standard InChI is InChI=1S/C15H20N4O/c16-8-10-4-3-5-11(10)15(20)17-9-14-18-12-6-1-2-7-13(12)19-14/h1-2,6-7,10-11H,3-5,8-9,16H2,(H,17,20)(H,18,19)/t10-,11-/m1/s1. The van der Waals surface area contributed by atoms with Gasteiger partial charge in [0, 0.05) is 5.92 Å². The molecular weight excluding hydrogens is 252 g/mol. The lowest BCUT2D eigenvalue weighted by atomic mass is 9.95. The van der Waals surface area contributed by atoms with Gasteiger partial charge in [0.15, 0.2) is 0 Å². The third kappa shape index (κ3) is 2.54. The molecule has 1 aliphatic carbocycles. The molecule has 1 saturated carbocycles. The van der Waals surface area contributed by atoms with Gasteiger partial charge < -0.3 is 16.0 Å². The van der Waals surface area contributed by atoms with Crippen molar-refractivity contribution in [1.29, 1.82) is 0 Å². The molecule has 1 aliphatic rings. The van der Waals surface area contributed by atoms with Crippen LogP contribution in [0.15, 0.2) is 24.3 Å². The van der Waals surface area contributed by atoms with Crippen molar-refractivity contribution < 1.29 is 4.79 Å². The van der Waals surface area contributed by atoms with Crippen molar-refractivity contribution in [2.24, 2.45) is 17.6 Å². The number of fused-ring (bicyclic) bond motifs is 1. The Kier molecular flexibility index (Phi) is 3.69. The predicted molar refractivity (Wildman–Crippen MR) is 77.8 cm³/mol. The zero-order chi connectivity index (χ0) is 13.9. The smallest absolute Gasteiger partial charge is 0.223 e. The molecule has 2 atom stereocenters. The minimum atomic E-state index is 0.0735. The van der Waals surface area contributed by atoms with Crippen LogP contribution in [0.4, 0.5) is 0 Å². The van der Waals surface area contributed by atoms with Crippen LogP contribution in [0.25, 0.3) is 11.0 Å². The summed E-state index contributed by atoms with van der Waals surface area (Å²) in [5, 5.41) is 2.98. The monoisotopic (exact) mass is 272 g/mol. The van der Waals surface area contributed by atoms with E-state index in [1.807, 2.05) is 24.3 Å². The van der Waals surface area contributed by atoms with Crippen molar-refractivity contribution in [3.8, 4) is 0 Å². The molecule has 1 fully saturated rings. The summed E-state index contributed by atoms with van der Waals surface area (Å²) in [5.74, 6) is 1.32. The van der Waals surface area contributed by atoms with Crippen LogP contribution in [-0.4, -0.2) is 22.4 Å². The number of rotatable bonds is 4. The van der Waals surface area contributed by atoms with E-state index in [1.54, 1.807) is 0 Å². The first-order valence-corrected chi connectivity index (χ1v) is 7.19. The third-order valence-corrected chi connectivity index (χ3v) is 4.17. The maximum absolute atomic E-state index is 12.2. The molecule has 0 radical (unpaired) electrons. The second-order valence-electron chi connectivity index (χ2n) is 5.45. The summed E-state index contributed by atoms with van der Waals surface area (Å²) in [7, 11) is 0. The lowest BCUT2D eigenvalue weighted by molar-refractivity contribution is -0.126. The van der Waals surface area contributed by atoms with Crippen LogP contribution in [0, 0.1) is 11.8 Å². The number of carbonyl (C=O) groups excluding carboxylic acids is 1. The first-order valence-electron chi connectivity index (χ1n) is 7.19. The van der Waals surface area contributed by atoms with Crippen LogP contribution in [0.1, 0.15) is 25.1 Å². The molecule has 0 saturated heterocycles. The molecule has 0 bridgehead atoms. The van der Waals surface area contributed by atoms with Gasteiger partial charge in [0.25, 0.3) is 0 Å². The maximum atomic E-state index is 12.2. The Morgan fingerprint density at radius 3 is 3.05 bits per heavy atom. The Hall–Kier alpha value is -1.88. The normalized spacial score (nSPS) is 22.2. The van der Waals surface area contributed by atoms with Crippen LogP contribution in [0.2, 0.25) is 0 Å². The molecule has 20 heavy (non-hydrogen) atoms. The highest BCUT2D eigenvalue weighted by Gasteiger charge is 2.31. The van der Waals surface area contributed by atoms with Crippen LogP contribution < -0.4 is 11.1 Å². The topological polar surface area (TPSA) is 83.8 Å². The zero-order valence-electron chi connectivity index (χ0n) is 11.4. The van der Waals surface area contributed by atoms with E-state index < -0.39 is 0 Å². The number of aromatic nitrogens is 2. The Morgan fingerprint density at radius 2 is 2.25 bits per heavy atom. The lowest BCUT2D eigenvalue weighted by Gasteiger charge is -2.16. The first kappa shape index (κ1) is 13.1. The number of benzene rings is 1. The number of para-hydroxylation sites is 2. The lowest BCUT2D eigenvalue weighted by Crippen LogP contribution is -2.34. The van der Waals surface area contributed by atoms with Crippen LogP contribution >= 0.6 is 0 Å². The number of nitrogens with two attached hydrogens (primary N) is 1. The molecule has 1 aromatic carbocycles. The Bertz CT molecular complexity index is 574. The van der Waals surface area contributed by atoms with E-state index >= 15 is 0 Å². The van der Waals surface area contributed by atoms with E-state index in [2.05, 4.69) is 15.3 Å². The van der Waals surface area contributed by atoms with E-state index in [9.17, 15) is 4.79 Å². The Labute approximate surface area is 118 Å². The number of carbonyl (C=O) groups is 1. The highest BCUT2D eigenvalue weighted by molar-refractivity contribution is 5.79. The van der Waals surface area contributed by atoms with Gasteiger partial charge >= 0.3 is 0 Å². The summed E-state index contributed by atoms with van der Waals surface area (Å²) in [5.41, 5.74) is 7.65. The number of hydrogen-bond acceptors (Lipinski definition) is 3. The predicted octanol–water partition coefficient (Wildman–Crippen LogP) is 1.55. The van der Waals surface area contributed by atoms with E-state index in [4.69, 9.17) is 5.73 Å². The summed E-state index contributed by atoms with van der Waals surface area (Å²) in [4.78, 5) is 19.9. The van der Waals surface area contributed by atoms with E-state index in [0.29, 0.717) is 19.0 Å². The van der Waals surface area contributed by atoms with Gasteiger partial charge in [-0.25, -0.2) is 4.98 Å². The summed E-state index contributed by atoms with van der Waals surface area (Å²) < 4.78 is 0. The summed E-state index contributed by atoms with van der Waals surface area (Å²) in [6.45, 7) is 1.05. The quantitative estimate of drug-likeness (QED) is 0.789. The van der Waals surface area contributed by atoms with E-state index in [-0.39, 0.29) is 11.8 Å². The SMILES string of the molecule is NC[C@H]1CCC[C@H]1C(=O)NCc1nc2ccccc2[nH]1. The number of amides is 1. The molecule has 0 spiro atoms. The largest absolute Gasteiger partial charge is 0.349 e. The number of nitrogens with one attached hydrogen (secondary N) is 2. The number of imidazole rings is 1. The van der Waals surface area contributed by atoms with E-state index in [0.717, 1.165) is 36.1 Å². The highest BCUT2D eigenvalue weighted by Crippen LogP contribution is 2.30. The first-order chi connectivity index (χ1) is 9.78. The molecule has 2 aromatic rings. The van der Waals surface area contributed by atoms with Gasteiger partial charge in [0.1, 0.15) is 5.82 Å². The molecule has 0 unspecified atom stereocenters. The molecule has 1 heterocycles. The van der Waals surface area contributed by atoms with Crippen LogP contribution in [0.5, 0.6) is 0 Å². The van der Waals surface area contributed by atoms with Crippen molar-refractivity contribution in [3.05, 3.63) is 30.1 Å². The molecular formula is C15H20N4O. The Morgan fingerprint density at radius 1 is 1.40 bits per heavy atom. The van der Waals surface area contributed by atoms with Crippen LogP contribution in [0.3, 0.4) is 0 Å². The van der Waals surface area contributed by atoms with Crippen molar-refractivity contribution in [2.45, 2.75) is 25.8 Å². The fourth-order valence-electron chi connectivity index (χ4n) is 3.06. The molecule has 0 aliphatic heterocycles. The molecule has 1 amide bonds. The number of H-pyrrole nitrogens is 1. The number of nitrogens with zero attached hydrogens (tertiary/aromatic N) is 1. The van der Waals surface area contributed by atoms with Gasteiger partial charge in [-0.1, -0.05) is 18.6 Å². The van der Waals surface area contributed by atoms with Gasteiger partial charge in [-0.3, -0.25) is 4.79 Å². The minimum absolute atomic E-state index is 0.0735. The molecule has 5 heteroatoms. The maximum Gasteiger partial charge on any atom is 0.223 e. The van der Waals surface area contributed by atoms with Crippen molar-refractivity contribution >= 4 is 16.9 Å². The third-order valence-electron chi connectivity index (χ3n) is 4.17.